The zero-order valence-electron chi connectivity index (χ0n) is 14.4. The van der Waals surface area contributed by atoms with Gasteiger partial charge in [0.1, 0.15) is 29.7 Å². The molecule has 0 aromatic heterocycles. The standard InChI is InChI=1S/C21H18N2O3/c1-3-13-26-19-11-7-5-9-16(19)14-17(15-22)21(24)23-18-10-6-8-12-20(18)25-4-2/h1,5-12,14H,4,13H2,2H3,(H,23,24)/b17-14+. The molecule has 0 radical (unpaired) electrons. The minimum Gasteiger partial charge on any atom is -0.492 e. The molecule has 130 valence electrons. The maximum absolute atomic E-state index is 12.5. The van der Waals surface area contributed by atoms with E-state index in [-0.39, 0.29) is 12.2 Å². The van der Waals surface area contributed by atoms with E-state index in [0.717, 1.165) is 0 Å². The topological polar surface area (TPSA) is 71.3 Å². The number of para-hydroxylation sites is 3. The lowest BCUT2D eigenvalue weighted by Gasteiger charge is -2.11. The minimum atomic E-state index is -0.536. The molecule has 2 rings (SSSR count). The summed E-state index contributed by atoms with van der Waals surface area (Å²) in [5.74, 6) is 2.89. The summed E-state index contributed by atoms with van der Waals surface area (Å²) >= 11 is 0. The van der Waals surface area contributed by atoms with Crippen LogP contribution in [0.3, 0.4) is 0 Å². The number of terminal acetylenes is 1. The van der Waals surface area contributed by atoms with E-state index >= 15 is 0 Å². The fraction of sp³-hybridized carbons (Fsp3) is 0.143. The number of carbonyl (C=O) groups excluding carboxylic acids is 1. The Hall–Kier alpha value is -3.70. The number of nitrogens with one attached hydrogen (secondary N) is 1. The Morgan fingerprint density at radius 1 is 1.15 bits per heavy atom. The van der Waals surface area contributed by atoms with E-state index in [9.17, 15) is 10.1 Å². The van der Waals surface area contributed by atoms with Gasteiger partial charge >= 0.3 is 0 Å². The Morgan fingerprint density at radius 2 is 1.85 bits per heavy atom. The van der Waals surface area contributed by atoms with Gasteiger partial charge in [0.2, 0.25) is 0 Å². The van der Waals surface area contributed by atoms with Crippen molar-refractivity contribution in [1.29, 1.82) is 5.26 Å². The molecule has 0 saturated carbocycles. The van der Waals surface area contributed by atoms with E-state index in [0.29, 0.717) is 29.4 Å². The van der Waals surface area contributed by atoms with Crippen molar-refractivity contribution in [2.24, 2.45) is 0 Å². The predicted octanol–water partition coefficient (Wildman–Crippen LogP) is 3.64. The molecule has 2 aromatic carbocycles. The van der Waals surface area contributed by atoms with Crippen molar-refractivity contribution in [1.82, 2.24) is 0 Å². The third-order valence-electron chi connectivity index (χ3n) is 3.33. The van der Waals surface area contributed by atoms with Crippen molar-refractivity contribution in [2.45, 2.75) is 6.92 Å². The van der Waals surface area contributed by atoms with Gasteiger partial charge < -0.3 is 14.8 Å². The number of carbonyl (C=O) groups is 1. The smallest absolute Gasteiger partial charge is 0.266 e. The summed E-state index contributed by atoms with van der Waals surface area (Å²) in [5.41, 5.74) is 1.03. The van der Waals surface area contributed by atoms with Crippen LogP contribution >= 0.6 is 0 Å². The molecule has 0 aliphatic heterocycles. The number of hydrogen-bond donors (Lipinski definition) is 1. The largest absolute Gasteiger partial charge is 0.492 e. The number of anilines is 1. The van der Waals surface area contributed by atoms with Gasteiger partial charge in [-0.25, -0.2) is 0 Å². The number of nitriles is 1. The molecule has 1 amide bonds. The zero-order valence-corrected chi connectivity index (χ0v) is 14.4. The maximum atomic E-state index is 12.5. The third kappa shape index (κ3) is 4.90. The van der Waals surface area contributed by atoms with Crippen LogP contribution in [0.15, 0.2) is 54.1 Å². The first-order valence-electron chi connectivity index (χ1n) is 7.99. The quantitative estimate of drug-likeness (QED) is 0.472. The van der Waals surface area contributed by atoms with E-state index in [2.05, 4.69) is 11.2 Å². The first kappa shape index (κ1) is 18.6. The van der Waals surface area contributed by atoms with Crippen LogP contribution in [-0.4, -0.2) is 19.1 Å². The Bertz CT molecular complexity index is 889. The van der Waals surface area contributed by atoms with Crippen LogP contribution in [0.2, 0.25) is 0 Å². The third-order valence-corrected chi connectivity index (χ3v) is 3.33. The molecule has 0 aliphatic carbocycles. The molecule has 0 fully saturated rings. The molecule has 26 heavy (non-hydrogen) atoms. The summed E-state index contributed by atoms with van der Waals surface area (Å²) in [4.78, 5) is 12.5. The number of amides is 1. The highest BCUT2D eigenvalue weighted by atomic mass is 16.5. The molecule has 1 N–H and O–H groups in total. The van der Waals surface area contributed by atoms with Crippen LogP contribution in [0, 0.1) is 23.7 Å². The van der Waals surface area contributed by atoms with Crippen LogP contribution in [0.25, 0.3) is 6.08 Å². The Morgan fingerprint density at radius 3 is 2.54 bits per heavy atom. The second-order valence-corrected chi connectivity index (χ2v) is 5.08. The average Bonchev–Trinajstić information content (AvgIpc) is 2.66. The van der Waals surface area contributed by atoms with Crippen molar-refractivity contribution in [3.63, 3.8) is 0 Å². The SMILES string of the molecule is C#CCOc1ccccc1/C=C(\C#N)C(=O)Nc1ccccc1OCC. The molecule has 0 heterocycles. The van der Waals surface area contributed by atoms with Crippen LogP contribution in [0.5, 0.6) is 11.5 Å². The molecule has 0 aliphatic rings. The number of hydrogen-bond acceptors (Lipinski definition) is 4. The number of nitrogens with zero attached hydrogens (tertiary/aromatic N) is 1. The van der Waals surface area contributed by atoms with Crippen molar-refractivity contribution in [3.8, 4) is 29.9 Å². The van der Waals surface area contributed by atoms with E-state index < -0.39 is 5.91 Å². The lowest BCUT2D eigenvalue weighted by atomic mass is 10.1. The van der Waals surface area contributed by atoms with Gasteiger partial charge in [-0.3, -0.25) is 4.79 Å². The Labute approximate surface area is 152 Å². The zero-order chi connectivity index (χ0) is 18.8. The molecular formula is C21H18N2O3. The monoisotopic (exact) mass is 346 g/mol. The highest BCUT2D eigenvalue weighted by Crippen LogP contribution is 2.25. The number of ether oxygens (including phenoxy) is 2. The highest BCUT2D eigenvalue weighted by Gasteiger charge is 2.13. The Kier molecular flexibility index (Phi) is 6.85. The van der Waals surface area contributed by atoms with Crippen LogP contribution < -0.4 is 14.8 Å². The summed E-state index contributed by atoms with van der Waals surface area (Å²) in [6, 6.07) is 16.0. The van der Waals surface area contributed by atoms with E-state index in [1.807, 2.05) is 13.0 Å². The molecule has 0 atom stereocenters. The van der Waals surface area contributed by atoms with E-state index in [1.165, 1.54) is 6.08 Å². The minimum absolute atomic E-state index is 0.0620. The van der Waals surface area contributed by atoms with Gasteiger partial charge in [0.25, 0.3) is 5.91 Å². The van der Waals surface area contributed by atoms with Gasteiger partial charge in [0.05, 0.1) is 12.3 Å². The number of rotatable bonds is 7. The van der Waals surface area contributed by atoms with Crippen LogP contribution in [0.4, 0.5) is 5.69 Å². The highest BCUT2D eigenvalue weighted by molar-refractivity contribution is 6.10. The summed E-state index contributed by atoms with van der Waals surface area (Å²) in [6.07, 6.45) is 6.67. The van der Waals surface area contributed by atoms with Gasteiger partial charge in [-0.1, -0.05) is 36.3 Å². The summed E-state index contributed by atoms with van der Waals surface area (Å²) < 4.78 is 10.9. The molecule has 0 bridgehead atoms. The molecular weight excluding hydrogens is 328 g/mol. The molecule has 5 nitrogen and oxygen atoms in total. The lowest BCUT2D eigenvalue weighted by Crippen LogP contribution is -2.14. The fourth-order valence-corrected chi connectivity index (χ4v) is 2.20. The average molecular weight is 346 g/mol. The second kappa shape index (κ2) is 9.56. The summed E-state index contributed by atoms with van der Waals surface area (Å²) in [6.45, 7) is 2.42. The van der Waals surface area contributed by atoms with Crippen molar-refractivity contribution >= 4 is 17.7 Å². The normalized spacial score (nSPS) is 10.3. The lowest BCUT2D eigenvalue weighted by molar-refractivity contribution is -0.112. The molecule has 2 aromatic rings. The van der Waals surface area contributed by atoms with E-state index in [1.54, 1.807) is 48.5 Å². The van der Waals surface area contributed by atoms with Gasteiger partial charge in [-0.05, 0) is 31.2 Å². The predicted molar refractivity (Wildman–Crippen MR) is 101 cm³/mol. The first-order chi connectivity index (χ1) is 12.7. The molecule has 0 saturated heterocycles. The molecule has 0 unspecified atom stereocenters. The van der Waals surface area contributed by atoms with Crippen molar-refractivity contribution < 1.29 is 14.3 Å². The summed E-state index contributed by atoms with van der Waals surface area (Å²) in [5, 5.41) is 12.1. The second-order valence-electron chi connectivity index (χ2n) is 5.08. The van der Waals surface area contributed by atoms with E-state index in [4.69, 9.17) is 15.9 Å². The van der Waals surface area contributed by atoms with Gasteiger partial charge in [-0.15, -0.1) is 6.42 Å². The van der Waals surface area contributed by atoms with Crippen molar-refractivity contribution in [3.05, 3.63) is 59.7 Å². The molecule has 0 spiro atoms. The summed E-state index contributed by atoms with van der Waals surface area (Å²) in [7, 11) is 0. The van der Waals surface area contributed by atoms with Crippen molar-refractivity contribution in [2.75, 3.05) is 18.5 Å². The molecule has 5 heteroatoms. The fourth-order valence-electron chi connectivity index (χ4n) is 2.20. The Balaban J connectivity index is 2.26. The number of benzene rings is 2. The maximum Gasteiger partial charge on any atom is 0.266 e. The van der Waals surface area contributed by atoms with Gasteiger partial charge in [0, 0.05) is 5.56 Å². The first-order valence-corrected chi connectivity index (χ1v) is 7.99. The van der Waals surface area contributed by atoms with Crippen LogP contribution in [0.1, 0.15) is 12.5 Å². The van der Waals surface area contributed by atoms with Gasteiger partial charge in [0.15, 0.2) is 0 Å². The van der Waals surface area contributed by atoms with Crippen LogP contribution in [-0.2, 0) is 4.79 Å². The van der Waals surface area contributed by atoms with Gasteiger partial charge in [-0.2, -0.15) is 5.26 Å².